The summed E-state index contributed by atoms with van der Waals surface area (Å²) >= 11 is 0. The Morgan fingerprint density at radius 2 is 1.81 bits per heavy atom. The molecule has 7 heteroatoms. The Bertz CT molecular complexity index is 1110. The molecule has 4 rings (SSSR count). The van der Waals surface area contributed by atoms with Gasteiger partial charge >= 0.3 is 0 Å². The highest BCUT2D eigenvalue weighted by molar-refractivity contribution is 5.79. The first kappa shape index (κ1) is 21.7. The molecular formula is C25H27FN4O2. The van der Waals surface area contributed by atoms with Gasteiger partial charge in [0.15, 0.2) is 0 Å². The molecule has 2 aromatic carbocycles. The lowest BCUT2D eigenvalue weighted by atomic mass is 9.95. The van der Waals surface area contributed by atoms with Gasteiger partial charge in [-0.1, -0.05) is 42.5 Å². The number of anilines is 1. The number of amides is 1. The number of piperidine rings is 1. The van der Waals surface area contributed by atoms with Crippen LogP contribution in [0.3, 0.4) is 0 Å². The third-order valence-corrected chi connectivity index (χ3v) is 5.99. The Kier molecular flexibility index (Phi) is 6.63. The number of hydrogen-bond donors (Lipinski definition) is 1. The second-order valence-electron chi connectivity index (χ2n) is 8.24. The van der Waals surface area contributed by atoms with Crippen LogP contribution in [0.4, 0.5) is 10.1 Å². The van der Waals surface area contributed by atoms with Gasteiger partial charge in [-0.15, -0.1) is 0 Å². The summed E-state index contributed by atoms with van der Waals surface area (Å²) in [5.41, 5.74) is 2.55. The van der Waals surface area contributed by atoms with E-state index in [1.807, 2.05) is 37.3 Å². The van der Waals surface area contributed by atoms with E-state index in [1.54, 1.807) is 24.4 Å². The zero-order valence-corrected chi connectivity index (χ0v) is 18.1. The molecule has 1 amide bonds. The molecule has 32 heavy (non-hydrogen) atoms. The van der Waals surface area contributed by atoms with Crippen molar-refractivity contribution in [3.05, 3.63) is 94.2 Å². The van der Waals surface area contributed by atoms with Crippen LogP contribution in [0.5, 0.6) is 0 Å². The number of nitrogens with zero attached hydrogens (tertiary/aromatic N) is 3. The molecule has 0 saturated carbocycles. The minimum atomic E-state index is -0.290. The fourth-order valence-corrected chi connectivity index (χ4v) is 4.04. The monoisotopic (exact) mass is 434 g/mol. The van der Waals surface area contributed by atoms with Crippen molar-refractivity contribution in [2.75, 3.05) is 18.0 Å². The van der Waals surface area contributed by atoms with E-state index in [9.17, 15) is 14.0 Å². The third-order valence-electron chi connectivity index (χ3n) is 5.99. The number of hydrogen-bond acceptors (Lipinski definition) is 4. The zero-order chi connectivity index (χ0) is 22.5. The summed E-state index contributed by atoms with van der Waals surface area (Å²) in [7, 11) is 0. The van der Waals surface area contributed by atoms with Gasteiger partial charge in [-0.25, -0.2) is 9.07 Å². The van der Waals surface area contributed by atoms with Crippen molar-refractivity contribution in [3.8, 4) is 0 Å². The standard InChI is InChI=1S/C25H27FN4O2/c1-18(20-7-9-22(26)10-8-20)28-25(32)21-11-13-29(14-12-21)23-15-24(31)30(27-16-23)17-19-5-3-2-4-6-19/h2-10,15-16,18,21H,11-14,17H2,1H3,(H,28,32)/t18-/m0/s1. The van der Waals surface area contributed by atoms with Crippen LogP contribution in [0, 0.1) is 11.7 Å². The maximum atomic E-state index is 13.1. The molecule has 1 aliphatic rings. The van der Waals surface area contributed by atoms with Crippen molar-refractivity contribution in [3.63, 3.8) is 0 Å². The first-order valence-electron chi connectivity index (χ1n) is 10.9. The maximum Gasteiger partial charge on any atom is 0.269 e. The Labute approximate surface area is 186 Å². The fraction of sp³-hybridized carbons (Fsp3) is 0.320. The smallest absolute Gasteiger partial charge is 0.269 e. The number of aromatic nitrogens is 2. The first-order valence-corrected chi connectivity index (χ1v) is 10.9. The van der Waals surface area contributed by atoms with E-state index in [-0.39, 0.29) is 29.2 Å². The van der Waals surface area contributed by atoms with Crippen LogP contribution in [0.1, 0.15) is 36.9 Å². The van der Waals surface area contributed by atoms with Crippen LogP contribution < -0.4 is 15.8 Å². The first-order chi connectivity index (χ1) is 15.5. The predicted octanol–water partition coefficient (Wildman–Crippen LogP) is 3.52. The Morgan fingerprint density at radius 1 is 1.12 bits per heavy atom. The minimum absolute atomic E-state index is 0.0119. The number of halogens is 1. The number of carbonyl (C=O) groups is 1. The topological polar surface area (TPSA) is 67.2 Å². The van der Waals surface area contributed by atoms with Gasteiger partial charge in [0.1, 0.15) is 5.82 Å². The van der Waals surface area contributed by atoms with Gasteiger partial charge in [-0.05, 0) is 43.0 Å². The minimum Gasteiger partial charge on any atom is -0.370 e. The summed E-state index contributed by atoms with van der Waals surface area (Å²) in [6.45, 7) is 3.71. The van der Waals surface area contributed by atoms with Crippen LogP contribution in [-0.4, -0.2) is 28.8 Å². The van der Waals surface area contributed by atoms with E-state index in [2.05, 4.69) is 15.3 Å². The summed E-state index contributed by atoms with van der Waals surface area (Å²) in [6, 6.07) is 17.4. The second kappa shape index (κ2) is 9.77. The largest absolute Gasteiger partial charge is 0.370 e. The van der Waals surface area contributed by atoms with Crippen molar-refractivity contribution in [1.29, 1.82) is 0 Å². The van der Waals surface area contributed by atoms with E-state index in [0.29, 0.717) is 32.5 Å². The summed E-state index contributed by atoms with van der Waals surface area (Å²) in [5, 5.41) is 7.37. The fourth-order valence-electron chi connectivity index (χ4n) is 4.04. The van der Waals surface area contributed by atoms with Crippen LogP contribution in [0.15, 0.2) is 71.7 Å². The van der Waals surface area contributed by atoms with E-state index < -0.39 is 0 Å². The second-order valence-corrected chi connectivity index (χ2v) is 8.24. The summed E-state index contributed by atoms with van der Waals surface area (Å²) in [6.07, 6.45) is 3.13. The van der Waals surface area contributed by atoms with Gasteiger partial charge in [0, 0.05) is 25.1 Å². The van der Waals surface area contributed by atoms with Crippen molar-refractivity contribution >= 4 is 11.6 Å². The maximum absolute atomic E-state index is 13.1. The molecule has 0 aliphatic carbocycles. The molecule has 0 unspecified atom stereocenters. The molecule has 1 aliphatic heterocycles. The van der Waals surface area contributed by atoms with E-state index >= 15 is 0 Å². The number of nitrogens with one attached hydrogen (secondary N) is 1. The van der Waals surface area contributed by atoms with Crippen molar-refractivity contribution in [2.24, 2.45) is 5.92 Å². The zero-order valence-electron chi connectivity index (χ0n) is 18.1. The highest BCUT2D eigenvalue weighted by Crippen LogP contribution is 2.23. The van der Waals surface area contributed by atoms with Crippen LogP contribution in [0.25, 0.3) is 0 Å². The lowest BCUT2D eigenvalue weighted by Crippen LogP contribution is -2.41. The molecule has 0 radical (unpaired) electrons. The molecule has 1 N–H and O–H groups in total. The Hall–Kier alpha value is -3.48. The summed E-state index contributed by atoms with van der Waals surface area (Å²) in [5.74, 6) is -0.361. The molecule has 166 valence electrons. The highest BCUT2D eigenvalue weighted by Gasteiger charge is 2.26. The molecule has 6 nitrogen and oxygen atoms in total. The molecular weight excluding hydrogens is 407 g/mol. The average molecular weight is 435 g/mol. The number of benzene rings is 2. The van der Waals surface area contributed by atoms with Gasteiger partial charge in [0.05, 0.1) is 24.5 Å². The Balaban J connectivity index is 1.32. The number of rotatable bonds is 6. The SMILES string of the molecule is C[C@H](NC(=O)C1CCN(c2cnn(Cc3ccccc3)c(=O)c2)CC1)c1ccc(F)cc1. The van der Waals surface area contributed by atoms with Crippen LogP contribution in [-0.2, 0) is 11.3 Å². The molecule has 3 aromatic rings. The predicted molar refractivity (Wildman–Crippen MR) is 122 cm³/mol. The van der Waals surface area contributed by atoms with Crippen LogP contribution in [0.2, 0.25) is 0 Å². The molecule has 2 heterocycles. The molecule has 1 fully saturated rings. The van der Waals surface area contributed by atoms with Gasteiger partial charge in [0.25, 0.3) is 5.56 Å². The third kappa shape index (κ3) is 5.22. The number of carbonyl (C=O) groups excluding carboxylic acids is 1. The van der Waals surface area contributed by atoms with Gasteiger partial charge < -0.3 is 10.2 Å². The van der Waals surface area contributed by atoms with E-state index in [1.165, 1.54) is 16.8 Å². The highest BCUT2D eigenvalue weighted by atomic mass is 19.1. The lowest BCUT2D eigenvalue weighted by Gasteiger charge is -2.33. The van der Waals surface area contributed by atoms with Crippen molar-refractivity contribution < 1.29 is 9.18 Å². The molecule has 1 aromatic heterocycles. The van der Waals surface area contributed by atoms with E-state index in [4.69, 9.17) is 0 Å². The Morgan fingerprint density at radius 3 is 2.47 bits per heavy atom. The van der Waals surface area contributed by atoms with E-state index in [0.717, 1.165) is 16.8 Å². The van der Waals surface area contributed by atoms with Gasteiger partial charge in [0.2, 0.25) is 5.91 Å². The lowest BCUT2D eigenvalue weighted by molar-refractivity contribution is -0.126. The molecule has 0 bridgehead atoms. The molecule has 1 saturated heterocycles. The average Bonchev–Trinajstić information content (AvgIpc) is 2.81. The van der Waals surface area contributed by atoms with Crippen molar-refractivity contribution in [2.45, 2.75) is 32.4 Å². The van der Waals surface area contributed by atoms with Crippen LogP contribution >= 0.6 is 0 Å². The summed E-state index contributed by atoms with van der Waals surface area (Å²) < 4.78 is 14.6. The van der Waals surface area contributed by atoms with Crippen molar-refractivity contribution in [1.82, 2.24) is 15.1 Å². The van der Waals surface area contributed by atoms with Gasteiger partial charge in [-0.3, -0.25) is 9.59 Å². The molecule has 1 atom stereocenters. The quantitative estimate of drug-likeness (QED) is 0.645. The molecule has 0 spiro atoms. The van der Waals surface area contributed by atoms with Gasteiger partial charge in [-0.2, -0.15) is 5.10 Å². The summed E-state index contributed by atoms with van der Waals surface area (Å²) in [4.78, 5) is 27.3. The normalized spacial score (nSPS) is 15.4.